The second-order valence-corrected chi connectivity index (χ2v) is 7.03. The summed E-state index contributed by atoms with van der Waals surface area (Å²) in [6, 6.07) is 4.80. The summed E-state index contributed by atoms with van der Waals surface area (Å²) in [5.74, 6) is 0.433. The van der Waals surface area contributed by atoms with E-state index in [-0.39, 0.29) is 11.2 Å². The van der Waals surface area contributed by atoms with Crippen molar-refractivity contribution in [1.82, 2.24) is 5.32 Å². The topological polar surface area (TPSA) is 21.3 Å². The fourth-order valence-corrected chi connectivity index (χ4v) is 3.15. The van der Waals surface area contributed by atoms with Crippen LogP contribution in [0.4, 0.5) is 4.39 Å². The van der Waals surface area contributed by atoms with Crippen LogP contribution in [0, 0.1) is 17.2 Å². The Hall–Kier alpha value is -0.640. The second-order valence-electron chi connectivity index (χ2n) is 6.59. The lowest BCUT2D eigenvalue weighted by atomic mass is 9.77. The maximum Gasteiger partial charge on any atom is 0.126 e. The van der Waals surface area contributed by atoms with Crippen LogP contribution in [0.3, 0.4) is 0 Å². The minimum Gasteiger partial charge on any atom is -0.381 e. The van der Waals surface area contributed by atoms with Crippen molar-refractivity contribution in [2.75, 3.05) is 26.3 Å². The first-order chi connectivity index (χ1) is 10.0. The molecule has 1 aliphatic heterocycles. The summed E-state index contributed by atoms with van der Waals surface area (Å²) >= 11 is 6.01. The van der Waals surface area contributed by atoms with Crippen molar-refractivity contribution < 1.29 is 9.13 Å². The molecule has 0 aliphatic carbocycles. The Bertz CT molecular complexity index is 458. The van der Waals surface area contributed by atoms with Crippen LogP contribution >= 0.6 is 11.6 Å². The van der Waals surface area contributed by atoms with Gasteiger partial charge in [-0.3, -0.25) is 0 Å². The van der Waals surface area contributed by atoms with Gasteiger partial charge in [0.05, 0.1) is 6.61 Å². The van der Waals surface area contributed by atoms with Gasteiger partial charge in [0, 0.05) is 23.6 Å². The Morgan fingerprint density at radius 3 is 2.90 bits per heavy atom. The van der Waals surface area contributed by atoms with Crippen molar-refractivity contribution in [3.05, 3.63) is 34.6 Å². The molecule has 4 heteroatoms. The van der Waals surface area contributed by atoms with Crippen LogP contribution in [0.1, 0.15) is 32.3 Å². The first-order valence-corrected chi connectivity index (χ1v) is 8.11. The maximum atomic E-state index is 14.0. The van der Waals surface area contributed by atoms with Gasteiger partial charge in [0.1, 0.15) is 5.82 Å². The minimum absolute atomic E-state index is 0.0291. The highest BCUT2D eigenvalue weighted by Crippen LogP contribution is 2.33. The number of ether oxygens (including phenoxy) is 1. The summed E-state index contributed by atoms with van der Waals surface area (Å²) in [6.45, 7) is 7.70. The third-order valence-electron chi connectivity index (χ3n) is 4.03. The van der Waals surface area contributed by atoms with E-state index in [0.717, 1.165) is 32.5 Å². The molecule has 0 aromatic heterocycles. The van der Waals surface area contributed by atoms with Gasteiger partial charge in [-0.05, 0) is 55.5 Å². The van der Waals surface area contributed by atoms with Crippen molar-refractivity contribution in [1.29, 1.82) is 0 Å². The highest BCUT2D eigenvalue weighted by atomic mass is 35.5. The molecule has 1 aliphatic rings. The zero-order valence-corrected chi connectivity index (χ0v) is 13.7. The number of benzene rings is 1. The van der Waals surface area contributed by atoms with Crippen molar-refractivity contribution >= 4 is 11.6 Å². The number of rotatable bonds is 6. The SMILES string of the molecule is CC(C)CNCC1(Cc2cc(Cl)ccc2F)CCCOC1. The highest BCUT2D eigenvalue weighted by molar-refractivity contribution is 6.30. The molecule has 1 aromatic rings. The Labute approximate surface area is 132 Å². The standard InChI is InChI=1S/C17H25ClFNO/c1-13(2)10-20-11-17(6-3-7-21-12-17)9-14-8-15(18)4-5-16(14)19/h4-5,8,13,20H,3,6-7,9-12H2,1-2H3. The molecule has 1 atom stereocenters. The van der Waals surface area contributed by atoms with Gasteiger partial charge in [-0.2, -0.15) is 0 Å². The van der Waals surface area contributed by atoms with E-state index in [1.54, 1.807) is 12.1 Å². The van der Waals surface area contributed by atoms with Gasteiger partial charge in [-0.25, -0.2) is 4.39 Å². The Kier molecular flexibility index (Phi) is 6.03. The number of hydrogen-bond donors (Lipinski definition) is 1. The summed E-state index contributed by atoms with van der Waals surface area (Å²) < 4.78 is 19.7. The molecule has 1 saturated heterocycles. The molecule has 0 saturated carbocycles. The molecule has 1 fully saturated rings. The zero-order chi connectivity index (χ0) is 15.3. The summed E-state index contributed by atoms with van der Waals surface area (Å²) in [7, 11) is 0. The molecule has 2 rings (SSSR count). The second kappa shape index (κ2) is 7.57. The molecule has 0 bridgehead atoms. The van der Waals surface area contributed by atoms with Crippen LogP contribution in [-0.2, 0) is 11.2 Å². The van der Waals surface area contributed by atoms with E-state index in [4.69, 9.17) is 16.3 Å². The average molecular weight is 314 g/mol. The van der Waals surface area contributed by atoms with E-state index in [9.17, 15) is 4.39 Å². The molecule has 0 amide bonds. The van der Waals surface area contributed by atoms with Crippen LogP contribution in [0.2, 0.25) is 5.02 Å². The lowest BCUT2D eigenvalue weighted by Crippen LogP contribution is -2.43. The van der Waals surface area contributed by atoms with Gasteiger partial charge in [-0.1, -0.05) is 25.4 Å². The zero-order valence-electron chi connectivity index (χ0n) is 12.9. The van der Waals surface area contributed by atoms with E-state index in [0.29, 0.717) is 29.5 Å². The fourth-order valence-electron chi connectivity index (χ4n) is 2.96. The van der Waals surface area contributed by atoms with E-state index in [2.05, 4.69) is 19.2 Å². The third kappa shape index (κ3) is 4.94. The van der Waals surface area contributed by atoms with E-state index < -0.39 is 0 Å². The largest absolute Gasteiger partial charge is 0.381 e. The van der Waals surface area contributed by atoms with Crippen molar-refractivity contribution in [3.63, 3.8) is 0 Å². The summed E-state index contributed by atoms with van der Waals surface area (Å²) in [4.78, 5) is 0. The maximum absolute atomic E-state index is 14.0. The molecule has 1 aromatic carbocycles. The Morgan fingerprint density at radius 1 is 1.43 bits per heavy atom. The van der Waals surface area contributed by atoms with Gasteiger partial charge in [0.15, 0.2) is 0 Å². The number of hydrogen-bond acceptors (Lipinski definition) is 2. The predicted molar refractivity (Wildman–Crippen MR) is 85.3 cm³/mol. The first-order valence-electron chi connectivity index (χ1n) is 7.73. The van der Waals surface area contributed by atoms with Gasteiger partial charge in [0.25, 0.3) is 0 Å². The first kappa shape index (κ1) is 16.7. The van der Waals surface area contributed by atoms with Crippen molar-refractivity contribution in [2.24, 2.45) is 11.3 Å². The molecule has 0 radical (unpaired) electrons. The van der Waals surface area contributed by atoms with Crippen molar-refractivity contribution in [2.45, 2.75) is 33.1 Å². The minimum atomic E-state index is -0.173. The Morgan fingerprint density at radius 2 is 2.24 bits per heavy atom. The van der Waals surface area contributed by atoms with Crippen LogP contribution in [0.5, 0.6) is 0 Å². The van der Waals surface area contributed by atoms with Crippen molar-refractivity contribution in [3.8, 4) is 0 Å². The van der Waals surface area contributed by atoms with Crippen LogP contribution in [0.15, 0.2) is 18.2 Å². The van der Waals surface area contributed by atoms with Crippen LogP contribution < -0.4 is 5.32 Å². The van der Waals surface area contributed by atoms with Gasteiger partial charge in [0.2, 0.25) is 0 Å². The van der Waals surface area contributed by atoms with Gasteiger partial charge < -0.3 is 10.1 Å². The smallest absolute Gasteiger partial charge is 0.126 e. The molecule has 2 nitrogen and oxygen atoms in total. The van der Waals surface area contributed by atoms with E-state index >= 15 is 0 Å². The average Bonchev–Trinajstić information content (AvgIpc) is 2.43. The monoisotopic (exact) mass is 313 g/mol. The summed E-state index contributed by atoms with van der Waals surface area (Å²) in [5, 5.41) is 4.11. The number of halogens is 2. The van der Waals surface area contributed by atoms with E-state index in [1.165, 1.54) is 6.07 Å². The molecule has 1 unspecified atom stereocenters. The van der Waals surface area contributed by atoms with Gasteiger partial charge in [-0.15, -0.1) is 0 Å². The molecule has 118 valence electrons. The van der Waals surface area contributed by atoms with E-state index in [1.807, 2.05) is 0 Å². The van der Waals surface area contributed by atoms with Gasteiger partial charge >= 0.3 is 0 Å². The molecule has 1 N–H and O–H groups in total. The molecule has 0 spiro atoms. The Balaban J connectivity index is 2.09. The highest BCUT2D eigenvalue weighted by Gasteiger charge is 2.33. The van der Waals surface area contributed by atoms with Crippen LogP contribution in [-0.4, -0.2) is 26.3 Å². The third-order valence-corrected chi connectivity index (χ3v) is 4.26. The summed E-state index contributed by atoms with van der Waals surface area (Å²) in [6.07, 6.45) is 2.76. The molecule has 1 heterocycles. The normalized spacial score (nSPS) is 22.7. The predicted octanol–water partition coefficient (Wildman–Crippen LogP) is 4.06. The number of nitrogens with one attached hydrogen (secondary N) is 1. The fraction of sp³-hybridized carbons (Fsp3) is 0.647. The van der Waals surface area contributed by atoms with Crippen LogP contribution in [0.25, 0.3) is 0 Å². The molecular weight excluding hydrogens is 289 g/mol. The molecule has 21 heavy (non-hydrogen) atoms. The lowest BCUT2D eigenvalue weighted by molar-refractivity contribution is -0.00777. The quantitative estimate of drug-likeness (QED) is 0.855. The summed E-state index contributed by atoms with van der Waals surface area (Å²) in [5.41, 5.74) is 0.665. The molecular formula is C17H25ClFNO. The lowest BCUT2D eigenvalue weighted by Gasteiger charge is -2.38.